The van der Waals surface area contributed by atoms with Crippen LogP contribution in [0.2, 0.25) is 0 Å². The van der Waals surface area contributed by atoms with Gasteiger partial charge in [-0.2, -0.15) is 0 Å². The molecule has 0 aliphatic carbocycles. The summed E-state index contributed by atoms with van der Waals surface area (Å²) in [5, 5.41) is 2.92. The summed E-state index contributed by atoms with van der Waals surface area (Å²) < 4.78 is 5.33. The average molecular weight is 248 g/mol. The van der Waals surface area contributed by atoms with Crippen molar-refractivity contribution >= 4 is 5.91 Å². The van der Waals surface area contributed by atoms with Gasteiger partial charge in [0.1, 0.15) is 0 Å². The Balaban J connectivity index is 2.01. The van der Waals surface area contributed by atoms with Crippen LogP contribution < -0.4 is 11.1 Å². The van der Waals surface area contributed by atoms with Crippen LogP contribution in [0.1, 0.15) is 35.3 Å². The maximum absolute atomic E-state index is 12.0. The molecular formula is C14H20N2O2. The molecule has 0 saturated heterocycles. The third-order valence-corrected chi connectivity index (χ3v) is 3.26. The van der Waals surface area contributed by atoms with E-state index in [2.05, 4.69) is 5.32 Å². The number of carbonyl (C=O) groups is 1. The van der Waals surface area contributed by atoms with Crippen molar-refractivity contribution in [1.82, 2.24) is 5.32 Å². The lowest BCUT2D eigenvalue weighted by Gasteiger charge is -2.22. The zero-order valence-electron chi connectivity index (χ0n) is 11.0. The Hall–Kier alpha value is -1.39. The molecule has 1 amide bonds. The quantitative estimate of drug-likeness (QED) is 0.847. The van der Waals surface area contributed by atoms with Crippen molar-refractivity contribution in [3.8, 4) is 0 Å². The van der Waals surface area contributed by atoms with Gasteiger partial charge in [-0.05, 0) is 35.2 Å². The fraction of sp³-hybridized carbons (Fsp3) is 0.500. The lowest BCUT2D eigenvalue weighted by atomic mass is 9.94. The lowest BCUT2D eigenvalue weighted by Crippen LogP contribution is -2.38. The highest BCUT2D eigenvalue weighted by Crippen LogP contribution is 2.21. The van der Waals surface area contributed by atoms with E-state index < -0.39 is 0 Å². The predicted octanol–water partition coefficient (Wildman–Crippen LogP) is 1.43. The molecule has 0 fully saturated rings. The predicted molar refractivity (Wildman–Crippen MR) is 70.1 cm³/mol. The molecule has 0 spiro atoms. The Kier molecular flexibility index (Phi) is 3.68. The maximum atomic E-state index is 12.0. The fourth-order valence-electron chi connectivity index (χ4n) is 1.81. The molecule has 0 aromatic heterocycles. The summed E-state index contributed by atoms with van der Waals surface area (Å²) in [5.74, 6) is -0.0498. The van der Waals surface area contributed by atoms with Crippen molar-refractivity contribution in [2.24, 2.45) is 11.1 Å². The molecule has 3 N–H and O–H groups in total. The Morgan fingerprint density at radius 1 is 1.39 bits per heavy atom. The van der Waals surface area contributed by atoms with Crippen LogP contribution >= 0.6 is 0 Å². The van der Waals surface area contributed by atoms with Crippen LogP contribution in [-0.4, -0.2) is 19.0 Å². The Bertz CT molecular complexity index is 455. The van der Waals surface area contributed by atoms with Crippen LogP contribution in [0.25, 0.3) is 0 Å². The molecule has 1 aliphatic heterocycles. The number of benzene rings is 1. The van der Waals surface area contributed by atoms with Gasteiger partial charge in [0.05, 0.1) is 13.2 Å². The highest BCUT2D eigenvalue weighted by atomic mass is 16.5. The zero-order chi connectivity index (χ0) is 13.2. The smallest absolute Gasteiger partial charge is 0.251 e. The highest BCUT2D eigenvalue weighted by molar-refractivity contribution is 5.94. The standard InChI is InChI=1S/C14H20N2O2/c1-14(2,8-15)9-16-13(17)10-3-4-11-6-18-7-12(11)5-10/h3-5H,6-9,15H2,1-2H3,(H,16,17). The average Bonchev–Trinajstić information content (AvgIpc) is 2.83. The Morgan fingerprint density at radius 2 is 2.11 bits per heavy atom. The summed E-state index contributed by atoms with van der Waals surface area (Å²) in [5.41, 5.74) is 8.54. The van der Waals surface area contributed by atoms with E-state index in [1.54, 1.807) is 0 Å². The Morgan fingerprint density at radius 3 is 2.83 bits per heavy atom. The Labute approximate surface area is 108 Å². The number of amides is 1. The first kappa shape index (κ1) is 13.1. The molecule has 4 heteroatoms. The van der Waals surface area contributed by atoms with Gasteiger partial charge in [0, 0.05) is 12.1 Å². The largest absolute Gasteiger partial charge is 0.372 e. The third-order valence-electron chi connectivity index (χ3n) is 3.26. The molecule has 1 aromatic rings. The summed E-state index contributed by atoms with van der Waals surface area (Å²) in [6, 6.07) is 5.72. The second kappa shape index (κ2) is 5.08. The minimum absolute atomic E-state index is 0.0498. The number of carbonyl (C=O) groups excluding carboxylic acids is 1. The van der Waals surface area contributed by atoms with Gasteiger partial charge < -0.3 is 15.8 Å². The second-order valence-electron chi connectivity index (χ2n) is 5.53. The summed E-state index contributed by atoms with van der Waals surface area (Å²) in [6.45, 7) is 6.44. The van der Waals surface area contributed by atoms with Gasteiger partial charge in [-0.3, -0.25) is 4.79 Å². The third kappa shape index (κ3) is 2.89. The maximum Gasteiger partial charge on any atom is 0.251 e. The van der Waals surface area contributed by atoms with Crippen molar-refractivity contribution in [3.05, 3.63) is 34.9 Å². The van der Waals surface area contributed by atoms with E-state index in [1.165, 1.54) is 5.56 Å². The first-order valence-electron chi connectivity index (χ1n) is 6.20. The molecule has 0 unspecified atom stereocenters. The number of rotatable bonds is 4. The summed E-state index contributed by atoms with van der Waals surface area (Å²) >= 11 is 0. The van der Waals surface area contributed by atoms with Gasteiger partial charge in [-0.15, -0.1) is 0 Å². The van der Waals surface area contributed by atoms with Crippen molar-refractivity contribution in [3.63, 3.8) is 0 Å². The molecule has 2 rings (SSSR count). The number of hydrogen-bond donors (Lipinski definition) is 2. The van der Waals surface area contributed by atoms with E-state index in [0.717, 1.165) is 5.56 Å². The van der Waals surface area contributed by atoms with E-state index in [9.17, 15) is 4.79 Å². The fourth-order valence-corrected chi connectivity index (χ4v) is 1.81. The van der Waals surface area contributed by atoms with E-state index in [4.69, 9.17) is 10.5 Å². The molecule has 0 atom stereocenters. The second-order valence-corrected chi connectivity index (χ2v) is 5.53. The van der Waals surface area contributed by atoms with Gasteiger partial charge in [0.15, 0.2) is 0 Å². The van der Waals surface area contributed by atoms with Crippen molar-refractivity contribution in [2.75, 3.05) is 13.1 Å². The van der Waals surface area contributed by atoms with E-state index in [-0.39, 0.29) is 11.3 Å². The van der Waals surface area contributed by atoms with Crippen molar-refractivity contribution in [1.29, 1.82) is 0 Å². The summed E-state index contributed by atoms with van der Waals surface area (Å²) in [6.07, 6.45) is 0. The number of nitrogens with one attached hydrogen (secondary N) is 1. The number of fused-ring (bicyclic) bond motifs is 1. The van der Waals surface area contributed by atoms with E-state index in [0.29, 0.717) is 31.9 Å². The number of nitrogens with two attached hydrogens (primary N) is 1. The van der Waals surface area contributed by atoms with E-state index >= 15 is 0 Å². The van der Waals surface area contributed by atoms with Gasteiger partial charge in [-0.1, -0.05) is 19.9 Å². The molecule has 18 heavy (non-hydrogen) atoms. The molecule has 0 bridgehead atoms. The van der Waals surface area contributed by atoms with Gasteiger partial charge in [-0.25, -0.2) is 0 Å². The normalized spacial score (nSPS) is 14.4. The monoisotopic (exact) mass is 248 g/mol. The topological polar surface area (TPSA) is 64.3 Å². The van der Waals surface area contributed by atoms with Crippen molar-refractivity contribution in [2.45, 2.75) is 27.1 Å². The summed E-state index contributed by atoms with van der Waals surface area (Å²) in [7, 11) is 0. The van der Waals surface area contributed by atoms with E-state index in [1.807, 2.05) is 32.0 Å². The van der Waals surface area contributed by atoms with Crippen LogP contribution in [0.3, 0.4) is 0 Å². The zero-order valence-corrected chi connectivity index (χ0v) is 11.0. The number of ether oxygens (including phenoxy) is 1. The molecule has 98 valence electrons. The molecule has 0 saturated carbocycles. The van der Waals surface area contributed by atoms with Crippen LogP contribution in [0.15, 0.2) is 18.2 Å². The molecule has 1 aliphatic rings. The molecule has 4 nitrogen and oxygen atoms in total. The minimum Gasteiger partial charge on any atom is -0.372 e. The first-order valence-corrected chi connectivity index (χ1v) is 6.20. The molecule has 0 radical (unpaired) electrons. The van der Waals surface area contributed by atoms with Crippen LogP contribution in [0.4, 0.5) is 0 Å². The SMILES string of the molecule is CC(C)(CN)CNC(=O)c1ccc2c(c1)COC2. The summed E-state index contributed by atoms with van der Waals surface area (Å²) in [4.78, 5) is 12.0. The minimum atomic E-state index is -0.0739. The number of hydrogen-bond acceptors (Lipinski definition) is 3. The highest BCUT2D eigenvalue weighted by Gasteiger charge is 2.18. The van der Waals surface area contributed by atoms with Crippen LogP contribution in [-0.2, 0) is 18.0 Å². The van der Waals surface area contributed by atoms with Gasteiger partial charge in [0.25, 0.3) is 5.91 Å². The van der Waals surface area contributed by atoms with Gasteiger partial charge >= 0.3 is 0 Å². The van der Waals surface area contributed by atoms with Crippen LogP contribution in [0, 0.1) is 5.41 Å². The first-order chi connectivity index (χ1) is 8.52. The van der Waals surface area contributed by atoms with Gasteiger partial charge in [0.2, 0.25) is 0 Å². The van der Waals surface area contributed by atoms with Crippen molar-refractivity contribution < 1.29 is 9.53 Å². The molecular weight excluding hydrogens is 228 g/mol. The van der Waals surface area contributed by atoms with Crippen LogP contribution in [0.5, 0.6) is 0 Å². The lowest BCUT2D eigenvalue weighted by molar-refractivity contribution is 0.0937. The molecule has 1 aromatic carbocycles. The molecule has 1 heterocycles.